The maximum Gasteiger partial charge on any atom is 0.253 e. The van der Waals surface area contributed by atoms with E-state index in [1.807, 2.05) is 12.1 Å². The molecule has 7 nitrogen and oxygen atoms in total. The number of benzene rings is 1. The van der Waals surface area contributed by atoms with Gasteiger partial charge in [0.15, 0.2) is 0 Å². The van der Waals surface area contributed by atoms with Gasteiger partial charge in [-0.2, -0.15) is 0 Å². The Labute approximate surface area is 161 Å². The van der Waals surface area contributed by atoms with Crippen molar-refractivity contribution in [3.8, 4) is 0 Å². The molecule has 1 aromatic carbocycles. The van der Waals surface area contributed by atoms with Crippen LogP contribution in [0.15, 0.2) is 18.2 Å². The number of hydrogen-bond acceptors (Lipinski definition) is 5. The van der Waals surface area contributed by atoms with Gasteiger partial charge in [0.2, 0.25) is 5.91 Å². The van der Waals surface area contributed by atoms with Gasteiger partial charge >= 0.3 is 0 Å². The Morgan fingerprint density at radius 2 is 1.93 bits per heavy atom. The van der Waals surface area contributed by atoms with Crippen LogP contribution in [0.25, 0.3) is 0 Å². The van der Waals surface area contributed by atoms with Gasteiger partial charge in [0.1, 0.15) is 6.61 Å². The molecular formula is C20H31N3O4. The Morgan fingerprint density at radius 1 is 1.19 bits per heavy atom. The van der Waals surface area contributed by atoms with Crippen LogP contribution in [0.4, 0.5) is 11.4 Å². The summed E-state index contributed by atoms with van der Waals surface area (Å²) in [6.07, 6.45) is 2.98. The van der Waals surface area contributed by atoms with Gasteiger partial charge in [-0.3, -0.25) is 9.59 Å². The molecule has 1 aliphatic rings. The maximum absolute atomic E-state index is 12.8. The van der Waals surface area contributed by atoms with Crippen molar-refractivity contribution in [2.45, 2.75) is 26.2 Å². The number of anilines is 2. The molecule has 0 radical (unpaired) electrons. The van der Waals surface area contributed by atoms with E-state index in [1.54, 1.807) is 13.2 Å². The van der Waals surface area contributed by atoms with Crippen molar-refractivity contribution in [3.05, 3.63) is 23.8 Å². The minimum absolute atomic E-state index is 0.0235. The average molecular weight is 377 g/mol. The number of ether oxygens (including phenoxy) is 2. The summed E-state index contributed by atoms with van der Waals surface area (Å²) < 4.78 is 9.87. The Bertz CT molecular complexity index is 628. The number of methoxy groups -OCH3 is 2. The number of nitrogens with zero attached hydrogens (tertiary/aromatic N) is 1. The zero-order valence-electron chi connectivity index (χ0n) is 16.5. The van der Waals surface area contributed by atoms with Gasteiger partial charge in [0, 0.05) is 51.8 Å². The summed E-state index contributed by atoms with van der Waals surface area (Å²) in [5.74, 6) is 0.325. The Balaban J connectivity index is 2.18. The predicted molar refractivity (Wildman–Crippen MR) is 106 cm³/mol. The maximum atomic E-state index is 12.8. The molecule has 150 valence electrons. The lowest BCUT2D eigenvalue weighted by Gasteiger charge is -2.33. The quantitative estimate of drug-likeness (QED) is 0.646. The Morgan fingerprint density at radius 3 is 2.59 bits per heavy atom. The summed E-state index contributed by atoms with van der Waals surface area (Å²) in [6.45, 7) is 5.24. The van der Waals surface area contributed by atoms with Crippen LogP contribution in [0.1, 0.15) is 36.5 Å². The molecular weight excluding hydrogens is 346 g/mol. The highest BCUT2D eigenvalue weighted by atomic mass is 16.5. The highest BCUT2D eigenvalue weighted by molar-refractivity contribution is 6.02. The van der Waals surface area contributed by atoms with E-state index in [4.69, 9.17) is 9.47 Å². The Hall–Kier alpha value is -2.12. The summed E-state index contributed by atoms with van der Waals surface area (Å²) in [6, 6.07) is 5.50. The monoisotopic (exact) mass is 377 g/mol. The first-order valence-electron chi connectivity index (χ1n) is 9.50. The molecule has 0 aliphatic carbocycles. The summed E-state index contributed by atoms with van der Waals surface area (Å²) in [7, 11) is 3.11. The summed E-state index contributed by atoms with van der Waals surface area (Å²) in [5, 5.41) is 5.71. The topological polar surface area (TPSA) is 79.9 Å². The van der Waals surface area contributed by atoms with Crippen LogP contribution in [-0.4, -0.2) is 58.9 Å². The second kappa shape index (κ2) is 10.9. The van der Waals surface area contributed by atoms with E-state index in [2.05, 4.69) is 22.5 Å². The van der Waals surface area contributed by atoms with Crippen LogP contribution in [0.2, 0.25) is 0 Å². The van der Waals surface area contributed by atoms with Crippen molar-refractivity contribution >= 4 is 23.2 Å². The van der Waals surface area contributed by atoms with Crippen LogP contribution in [0, 0.1) is 5.92 Å². The number of nitrogens with one attached hydrogen (secondary N) is 2. The molecule has 1 aliphatic heterocycles. The van der Waals surface area contributed by atoms with Gasteiger partial charge in [0.05, 0.1) is 5.56 Å². The standard InChI is InChI=1S/C20H31N3O4/c1-15-7-10-23(11-8-15)18-6-5-16(22-19(24)14-27-3)13-17(18)20(25)21-9-4-12-26-2/h5-6,13,15H,4,7-12,14H2,1-3H3,(H,21,25)(H,22,24). The van der Waals surface area contributed by atoms with Crippen molar-refractivity contribution < 1.29 is 19.1 Å². The molecule has 7 heteroatoms. The number of amides is 2. The molecule has 0 spiro atoms. The third-order valence-electron chi connectivity index (χ3n) is 4.74. The first-order chi connectivity index (χ1) is 13.0. The zero-order valence-corrected chi connectivity index (χ0v) is 16.5. The average Bonchev–Trinajstić information content (AvgIpc) is 2.66. The molecule has 0 bridgehead atoms. The smallest absolute Gasteiger partial charge is 0.253 e. The minimum atomic E-state index is -0.247. The van der Waals surface area contributed by atoms with Crippen LogP contribution in [0.5, 0.6) is 0 Å². The largest absolute Gasteiger partial charge is 0.385 e. The van der Waals surface area contributed by atoms with Crippen LogP contribution in [-0.2, 0) is 14.3 Å². The number of carbonyl (C=O) groups is 2. The normalized spacial score (nSPS) is 14.9. The molecule has 0 atom stereocenters. The number of piperidine rings is 1. The van der Waals surface area contributed by atoms with E-state index in [-0.39, 0.29) is 18.4 Å². The fourth-order valence-corrected chi connectivity index (χ4v) is 3.16. The molecule has 0 saturated carbocycles. The fraction of sp³-hybridized carbons (Fsp3) is 0.600. The second-order valence-electron chi connectivity index (χ2n) is 6.98. The lowest BCUT2D eigenvalue weighted by molar-refractivity contribution is -0.119. The number of carbonyl (C=O) groups excluding carboxylic acids is 2. The number of hydrogen-bond donors (Lipinski definition) is 2. The summed E-state index contributed by atoms with van der Waals surface area (Å²) in [4.78, 5) is 26.8. The van der Waals surface area contributed by atoms with Gasteiger partial charge < -0.3 is 25.0 Å². The molecule has 1 saturated heterocycles. The van der Waals surface area contributed by atoms with E-state index in [0.717, 1.165) is 38.0 Å². The minimum Gasteiger partial charge on any atom is -0.385 e. The first kappa shape index (κ1) is 21.2. The fourth-order valence-electron chi connectivity index (χ4n) is 3.16. The zero-order chi connectivity index (χ0) is 19.6. The van der Waals surface area contributed by atoms with E-state index in [9.17, 15) is 9.59 Å². The van der Waals surface area contributed by atoms with Gasteiger partial charge in [-0.15, -0.1) is 0 Å². The van der Waals surface area contributed by atoms with E-state index < -0.39 is 0 Å². The molecule has 1 fully saturated rings. The van der Waals surface area contributed by atoms with E-state index >= 15 is 0 Å². The summed E-state index contributed by atoms with van der Waals surface area (Å²) in [5.41, 5.74) is 2.08. The third kappa shape index (κ3) is 6.52. The molecule has 0 unspecified atom stereocenters. The van der Waals surface area contributed by atoms with Crippen molar-refractivity contribution in [1.82, 2.24) is 5.32 Å². The SMILES string of the molecule is COCCCNC(=O)c1cc(NC(=O)COC)ccc1N1CCC(C)CC1. The first-order valence-corrected chi connectivity index (χ1v) is 9.50. The summed E-state index contributed by atoms with van der Waals surface area (Å²) >= 11 is 0. The predicted octanol–water partition coefficient (Wildman–Crippen LogP) is 2.27. The lowest BCUT2D eigenvalue weighted by Crippen LogP contribution is -2.35. The van der Waals surface area contributed by atoms with E-state index in [0.29, 0.717) is 30.3 Å². The molecule has 0 aromatic heterocycles. The molecule has 1 heterocycles. The van der Waals surface area contributed by atoms with Crippen molar-refractivity contribution in [2.24, 2.45) is 5.92 Å². The van der Waals surface area contributed by atoms with Crippen molar-refractivity contribution in [2.75, 3.05) is 57.3 Å². The molecule has 2 rings (SSSR count). The van der Waals surface area contributed by atoms with Gasteiger partial charge in [-0.05, 0) is 43.4 Å². The third-order valence-corrected chi connectivity index (χ3v) is 4.74. The lowest BCUT2D eigenvalue weighted by atomic mass is 9.97. The molecule has 2 amide bonds. The van der Waals surface area contributed by atoms with Crippen LogP contribution >= 0.6 is 0 Å². The van der Waals surface area contributed by atoms with Gasteiger partial charge in [-0.1, -0.05) is 6.92 Å². The Kier molecular flexibility index (Phi) is 8.54. The highest BCUT2D eigenvalue weighted by Gasteiger charge is 2.21. The van der Waals surface area contributed by atoms with Gasteiger partial charge in [0.25, 0.3) is 5.91 Å². The second-order valence-corrected chi connectivity index (χ2v) is 6.98. The molecule has 1 aromatic rings. The van der Waals surface area contributed by atoms with Crippen molar-refractivity contribution in [3.63, 3.8) is 0 Å². The van der Waals surface area contributed by atoms with Crippen LogP contribution < -0.4 is 15.5 Å². The highest BCUT2D eigenvalue weighted by Crippen LogP contribution is 2.28. The van der Waals surface area contributed by atoms with Crippen LogP contribution in [0.3, 0.4) is 0 Å². The molecule has 2 N–H and O–H groups in total. The number of rotatable bonds is 9. The van der Waals surface area contributed by atoms with Crippen molar-refractivity contribution in [1.29, 1.82) is 0 Å². The van der Waals surface area contributed by atoms with Gasteiger partial charge in [-0.25, -0.2) is 0 Å². The van der Waals surface area contributed by atoms with E-state index in [1.165, 1.54) is 7.11 Å². The molecule has 27 heavy (non-hydrogen) atoms.